The summed E-state index contributed by atoms with van der Waals surface area (Å²) in [5.41, 5.74) is 0.319. The second kappa shape index (κ2) is 6.11. The SMILES string of the molecule is CC(=CC(C)C(C)CN=C=O)C(=O)O. The van der Waals surface area contributed by atoms with Gasteiger partial charge in [0.2, 0.25) is 6.08 Å². The van der Waals surface area contributed by atoms with Crippen molar-refractivity contribution in [3.63, 3.8) is 0 Å². The first-order chi connectivity index (χ1) is 6.49. The van der Waals surface area contributed by atoms with Gasteiger partial charge in [0.05, 0.1) is 6.54 Å². The number of rotatable bonds is 5. The van der Waals surface area contributed by atoms with Crippen LogP contribution in [0.1, 0.15) is 20.8 Å². The lowest BCUT2D eigenvalue weighted by Crippen LogP contribution is -2.10. The molecule has 0 amide bonds. The van der Waals surface area contributed by atoms with Gasteiger partial charge < -0.3 is 5.11 Å². The van der Waals surface area contributed by atoms with Crippen LogP contribution in [-0.4, -0.2) is 23.7 Å². The molecule has 0 saturated heterocycles. The van der Waals surface area contributed by atoms with E-state index in [1.54, 1.807) is 13.0 Å². The maximum Gasteiger partial charge on any atom is 0.330 e. The quantitative estimate of drug-likeness (QED) is 0.413. The highest BCUT2D eigenvalue weighted by atomic mass is 16.4. The minimum absolute atomic E-state index is 0.0863. The standard InChI is InChI=1S/C10H15NO3/c1-7(4-8(2)10(13)14)9(3)5-11-6-12/h4,7,9H,5H2,1-3H3,(H,13,14). The molecule has 0 radical (unpaired) electrons. The highest BCUT2D eigenvalue weighted by Gasteiger charge is 2.11. The Morgan fingerprint density at radius 3 is 2.57 bits per heavy atom. The fourth-order valence-corrected chi connectivity index (χ4v) is 0.977. The monoisotopic (exact) mass is 197 g/mol. The van der Waals surface area contributed by atoms with Crippen molar-refractivity contribution in [2.75, 3.05) is 6.54 Å². The van der Waals surface area contributed by atoms with Gasteiger partial charge in [0.25, 0.3) is 0 Å². The Morgan fingerprint density at radius 1 is 1.57 bits per heavy atom. The number of isocyanates is 1. The molecule has 0 aromatic heterocycles. The summed E-state index contributed by atoms with van der Waals surface area (Å²) in [5, 5.41) is 8.63. The number of nitrogens with zero attached hydrogens (tertiary/aromatic N) is 1. The summed E-state index contributed by atoms with van der Waals surface area (Å²) in [6.45, 7) is 5.75. The summed E-state index contributed by atoms with van der Waals surface area (Å²) in [7, 11) is 0. The number of hydrogen-bond acceptors (Lipinski definition) is 3. The highest BCUT2D eigenvalue weighted by molar-refractivity contribution is 5.85. The van der Waals surface area contributed by atoms with Gasteiger partial charge >= 0.3 is 5.97 Å². The van der Waals surface area contributed by atoms with Gasteiger partial charge in [0, 0.05) is 5.57 Å². The van der Waals surface area contributed by atoms with Gasteiger partial charge in [-0.05, 0) is 18.8 Å². The molecule has 0 aromatic rings. The summed E-state index contributed by atoms with van der Waals surface area (Å²) in [4.78, 5) is 23.8. The van der Waals surface area contributed by atoms with E-state index in [0.29, 0.717) is 12.1 Å². The van der Waals surface area contributed by atoms with Crippen molar-refractivity contribution in [1.82, 2.24) is 0 Å². The summed E-state index contributed by atoms with van der Waals surface area (Å²) >= 11 is 0. The van der Waals surface area contributed by atoms with E-state index in [2.05, 4.69) is 4.99 Å². The summed E-state index contributed by atoms with van der Waals surface area (Å²) in [5.74, 6) is -0.683. The molecule has 1 N–H and O–H groups in total. The lowest BCUT2D eigenvalue weighted by Gasteiger charge is -2.13. The van der Waals surface area contributed by atoms with E-state index < -0.39 is 5.97 Å². The molecule has 0 heterocycles. The van der Waals surface area contributed by atoms with Gasteiger partial charge in [-0.25, -0.2) is 14.6 Å². The summed E-state index contributed by atoms with van der Waals surface area (Å²) in [6.07, 6.45) is 3.14. The lowest BCUT2D eigenvalue weighted by atomic mass is 9.94. The number of carbonyl (C=O) groups excluding carboxylic acids is 1. The number of aliphatic carboxylic acids is 1. The Hall–Kier alpha value is -1.41. The fraction of sp³-hybridized carbons (Fsp3) is 0.600. The molecular formula is C10H15NO3. The molecule has 2 atom stereocenters. The topological polar surface area (TPSA) is 66.7 Å². The molecule has 0 aliphatic rings. The molecule has 0 fully saturated rings. The Balaban J connectivity index is 4.32. The molecule has 78 valence electrons. The van der Waals surface area contributed by atoms with Crippen molar-refractivity contribution in [1.29, 1.82) is 0 Å². The van der Waals surface area contributed by atoms with Crippen molar-refractivity contribution in [2.24, 2.45) is 16.8 Å². The molecule has 0 aliphatic heterocycles. The van der Waals surface area contributed by atoms with E-state index in [0.717, 1.165) is 0 Å². The van der Waals surface area contributed by atoms with Crippen molar-refractivity contribution in [3.05, 3.63) is 11.6 Å². The average Bonchev–Trinajstić information content (AvgIpc) is 2.13. The second-order valence-electron chi connectivity index (χ2n) is 3.42. The Labute approximate surface area is 83.3 Å². The van der Waals surface area contributed by atoms with Crippen molar-refractivity contribution in [2.45, 2.75) is 20.8 Å². The molecule has 0 rings (SSSR count). The Morgan fingerprint density at radius 2 is 2.14 bits per heavy atom. The molecule has 2 unspecified atom stereocenters. The van der Waals surface area contributed by atoms with Gasteiger partial charge in [-0.3, -0.25) is 0 Å². The van der Waals surface area contributed by atoms with Crippen molar-refractivity contribution in [3.8, 4) is 0 Å². The van der Waals surface area contributed by atoms with E-state index >= 15 is 0 Å². The van der Waals surface area contributed by atoms with Gasteiger partial charge in [-0.2, -0.15) is 0 Å². The van der Waals surface area contributed by atoms with E-state index in [1.807, 2.05) is 13.8 Å². The van der Waals surface area contributed by atoms with Crippen LogP contribution in [0.4, 0.5) is 0 Å². The van der Waals surface area contributed by atoms with Crippen molar-refractivity contribution < 1.29 is 14.7 Å². The first kappa shape index (κ1) is 12.6. The van der Waals surface area contributed by atoms with Crippen LogP contribution in [-0.2, 0) is 9.59 Å². The largest absolute Gasteiger partial charge is 0.478 e. The van der Waals surface area contributed by atoms with Crippen LogP contribution in [0.3, 0.4) is 0 Å². The van der Waals surface area contributed by atoms with E-state index in [4.69, 9.17) is 5.11 Å². The fourth-order valence-electron chi connectivity index (χ4n) is 0.977. The predicted molar refractivity (Wildman–Crippen MR) is 52.7 cm³/mol. The van der Waals surface area contributed by atoms with E-state index in [9.17, 15) is 9.59 Å². The van der Waals surface area contributed by atoms with Gasteiger partial charge in [0.1, 0.15) is 0 Å². The van der Waals surface area contributed by atoms with Crippen LogP contribution in [0.2, 0.25) is 0 Å². The van der Waals surface area contributed by atoms with E-state index in [1.165, 1.54) is 6.08 Å². The normalized spacial score (nSPS) is 15.5. The first-order valence-corrected chi connectivity index (χ1v) is 4.44. The highest BCUT2D eigenvalue weighted by Crippen LogP contribution is 2.14. The minimum Gasteiger partial charge on any atom is -0.478 e. The molecule has 4 heteroatoms. The maximum atomic E-state index is 10.5. The number of allylic oxidation sites excluding steroid dienone is 1. The molecule has 0 bridgehead atoms. The van der Waals surface area contributed by atoms with Crippen LogP contribution in [0, 0.1) is 11.8 Å². The molecule has 0 spiro atoms. The third-order valence-electron chi connectivity index (χ3n) is 2.19. The third kappa shape index (κ3) is 4.58. The first-order valence-electron chi connectivity index (χ1n) is 4.44. The molecule has 0 aromatic carbocycles. The zero-order chi connectivity index (χ0) is 11.1. The van der Waals surface area contributed by atoms with Crippen LogP contribution >= 0.6 is 0 Å². The molecular weight excluding hydrogens is 182 g/mol. The van der Waals surface area contributed by atoms with Crippen LogP contribution < -0.4 is 0 Å². The van der Waals surface area contributed by atoms with Crippen LogP contribution in [0.15, 0.2) is 16.6 Å². The summed E-state index contributed by atoms with van der Waals surface area (Å²) in [6, 6.07) is 0. The van der Waals surface area contributed by atoms with Crippen LogP contribution in [0.5, 0.6) is 0 Å². The van der Waals surface area contributed by atoms with Gasteiger partial charge in [-0.1, -0.05) is 19.9 Å². The van der Waals surface area contributed by atoms with E-state index in [-0.39, 0.29) is 11.8 Å². The number of aliphatic imine (C=N–C) groups is 1. The predicted octanol–water partition coefficient (Wildman–Crippen LogP) is 1.63. The number of carboxylic acids is 1. The van der Waals surface area contributed by atoms with Gasteiger partial charge in [0.15, 0.2) is 0 Å². The zero-order valence-electron chi connectivity index (χ0n) is 8.65. The van der Waals surface area contributed by atoms with Gasteiger partial charge in [-0.15, -0.1) is 0 Å². The summed E-state index contributed by atoms with van der Waals surface area (Å²) < 4.78 is 0. The minimum atomic E-state index is -0.914. The number of carbonyl (C=O) groups is 1. The molecule has 4 nitrogen and oxygen atoms in total. The van der Waals surface area contributed by atoms with Crippen molar-refractivity contribution >= 4 is 12.0 Å². The number of hydrogen-bond donors (Lipinski definition) is 1. The third-order valence-corrected chi connectivity index (χ3v) is 2.19. The molecule has 14 heavy (non-hydrogen) atoms. The lowest BCUT2D eigenvalue weighted by molar-refractivity contribution is -0.132. The average molecular weight is 197 g/mol. The Bertz CT molecular complexity index is 277. The zero-order valence-corrected chi connectivity index (χ0v) is 8.65. The maximum absolute atomic E-state index is 10.5. The molecule has 0 aliphatic carbocycles. The Kier molecular flexibility index (Phi) is 5.49. The second-order valence-corrected chi connectivity index (χ2v) is 3.42. The molecule has 0 saturated carbocycles. The smallest absolute Gasteiger partial charge is 0.330 e. The van der Waals surface area contributed by atoms with Crippen LogP contribution in [0.25, 0.3) is 0 Å². The number of carboxylic acid groups (broad SMARTS) is 1.